The maximum absolute atomic E-state index is 11.2. The van der Waals surface area contributed by atoms with E-state index in [0.29, 0.717) is 5.75 Å². The van der Waals surface area contributed by atoms with Crippen molar-refractivity contribution < 1.29 is 4.79 Å². The van der Waals surface area contributed by atoms with Gasteiger partial charge in [0.1, 0.15) is 0 Å². The van der Waals surface area contributed by atoms with Gasteiger partial charge >= 0.3 is 0 Å². The Morgan fingerprint density at radius 2 is 2.06 bits per heavy atom. The molecule has 0 atom stereocenters. The van der Waals surface area contributed by atoms with Crippen LogP contribution in [-0.2, 0) is 11.3 Å². The number of carbonyl (C=O) groups is 1. The van der Waals surface area contributed by atoms with Gasteiger partial charge in [-0.1, -0.05) is 12.1 Å². The second-order valence-electron chi connectivity index (χ2n) is 5.21. The van der Waals surface area contributed by atoms with Crippen molar-refractivity contribution in [2.75, 3.05) is 12.8 Å². The number of carbonyl (C=O) groups excluding carboxylic acids is 1. The van der Waals surface area contributed by atoms with Crippen molar-refractivity contribution in [3.63, 3.8) is 0 Å². The van der Waals surface area contributed by atoms with Crippen LogP contribution in [0, 0.1) is 0 Å². The first-order chi connectivity index (χ1) is 8.40. The number of amides is 1. The number of hydrogen-bond acceptors (Lipinski definition) is 3. The summed E-state index contributed by atoms with van der Waals surface area (Å²) in [5.74, 6) is 0.519. The van der Waals surface area contributed by atoms with Crippen LogP contribution in [0.2, 0.25) is 0 Å². The normalized spacial score (nSPS) is 11.3. The third kappa shape index (κ3) is 6.07. The second-order valence-corrected chi connectivity index (χ2v) is 6.26. The standard InChI is InChI=1S/C14H22N2OS/c1-14(2,3)16-9-11-6-5-7-12(8-11)18-10-13(17)15-4/h5-8,16H,9-10H2,1-4H3,(H,15,17). The second kappa shape index (κ2) is 6.81. The van der Waals surface area contributed by atoms with Crippen LogP contribution in [-0.4, -0.2) is 24.2 Å². The van der Waals surface area contributed by atoms with Gasteiger partial charge in [-0.25, -0.2) is 0 Å². The van der Waals surface area contributed by atoms with Crippen LogP contribution in [0.1, 0.15) is 26.3 Å². The van der Waals surface area contributed by atoms with Gasteiger partial charge in [-0.15, -0.1) is 11.8 Å². The molecule has 0 saturated carbocycles. The molecule has 0 saturated heterocycles. The lowest BCUT2D eigenvalue weighted by Gasteiger charge is -2.20. The summed E-state index contributed by atoms with van der Waals surface area (Å²) >= 11 is 1.56. The maximum atomic E-state index is 11.2. The molecule has 1 aromatic carbocycles. The molecule has 0 spiro atoms. The van der Waals surface area contributed by atoms with Gasteiger partial charge in [0.15, 0.2) is 0 Å². The summed E-state index contributed by atoms with van der Waals surface area (Å²) in [7, 11) is 1.66. The maximum Gasteiger partial charge on any atom is 0.230 e. The van der Waals surface area contributed by atoms with E-state index in [1.807, 2.05) is 12.1 Å². The predicted molar refractivity (Wildman–Crippen MR) is 77.8 cm³/mol. The molecule has 0 fully saturated rings. The largest absolute Gasteiger partial charge is 0.358 e. The Morgan fingerprint density at radius 1 is 1.33 bits per heavy atom. The third-order valence-electron chi connectivity index (χ3n) is 2.37. The predicted octanol–water partition coefficient (Wildman–Crippen LogP) is 2.41. The number of hydrogen-bond donors (Lipinski definition) is 2. The third-order valence-corrected chi connectivity index (χ3v) is 3.36. The van der Waals surface area contributed by atoms with E-state index < -0.39 is 0 Å². The smallest absolute Gasteiger partial charge is 0.230 e. The quantitative estimate of drug-likeness (QED) is 0.804. The Labute approximate surface area is 114 Å². The van der Waals surface area contributed by atoms with Crippen LogP contribution in [0.4, 0.5) is 0 Å². The average Bonchev–Trinajstić information content (AvgIpc) is 2.33. The molecule has 18 heavy (non-hydrogen) atoms. The van der Waals surface area contributed by atoms with Crippen molar-refractivity contribution in [2.45, 2.75) is 37.8 Å². The molecule has 0 unspecified atom stereocenters. The van der Waals surface area contributed by atoms with E-state index in [4.69, 9.17) is 0 Å². The van der Waals surface area contributed by atoms with Crippen LogP contribution in [0.25, 0.3) is 0 Å². The van der Waals surface area contributed by atoms with Gasteiger partial charge in [0.25, 0.3) is 0 Å². The zero-order valence-electron chi connectivity index (χ0n) is 11.5. The summed E-state index contributed by atoms with van der Waals surface area (Å²) in [6.45, 7) is 7.30. The zero-order valence-corrected chi connectivity index (χ0v) is 12.4. The summed E-state index contributed by atoms with van der Waals surface area (Å²) < 4.78 is 0. The van der Waals surface area contributed by atoms with Crippen LogP contribution >= 0.6 is 11.8 Å². The molecule has 0 heterocycles. The van der Waals surface area contributed by atoms with Gasteiger partial charge in [0, 0.05) is 24.0 Å². The summed E-state index contributed by atoms with van der Waals surface area (Å²) in [6, 6.07) is 8.30. The Morgan fingerprint density at radius 3 is 2.67 bits per heavy atom. The first kappa shape index (κ1) is 15.1. The highest BCUT2D eigenvalue weighted by Gasteiger charge is 2.08. The lowest BCUT2D eigenvalue weighted by atomic mass is 10.1. The molecular weight excluding hydrogens is 244 g/mol. The van der Waals surface area contributed by atoms with Crippen LogP contribution in [0.5, 0.6) is 0 Å². The Balaban J connectivity index is 2.54. The molecule has 0 bridgehead atoms. The minimum absolute atomic E-state index is 0.0539. The molecule has 1 rings (SSSR count). The van der Waals surface area contributed by atoms with Crippen LogP contribution < -0.4 is 10.6 Å². The molecular formula is C14H22N2OS. The molecule has 0 aliphatic heterocycles. The minimum atomic E-state index is 0.0539. The summed E-state index contributed by atoms with van der Waals surface area (Å²) in [5.41, 5.74) is 1.36. The molecule has 0 aliphatic carbocycles. The zero-order chi connectivity index (χ0) is 13.6. The van der Waals surface area contributed by atoms with E-state index >= 15 is 0 Å². The highest BCUT2D eigenvalue weighted by molar-refractivity contribution is 8.00. The van der Waals surface area contributed by atoms with Crippen molar-refractivity contribution in [3.8, 4) is 0 Å². The van der Waals surface area contributed by atoms with Crippen molar-refractivity contribution in [1.82, 2.24) is 10.6 Å². The Bertz CT molecular complexity index is 399. The van der Waals surface area contributed by atoms with Gasteiger partial charge in [-0.3, -0.25) is 4.79 Å². The molecule has 1 aromatic rings. The lowest BCUT2D eigenvalue weighted by molar-refractivity contribution is -0.118. The lowest BCUT2D eigenvalue weighted by Crippen LogP contribution is -2.35. The molecule has 1 amide bonds. The van der Waals surface area contributed by atoms with E-state index in [2.05, 4.69) is 43.5 Å². The first-order valence-electron chi connectivity index (χ1n) is 6.08. The topological polar surface area (TPSA) is 41.1 Å². The van der Waals surface area contributed by atoms with E-state index in [9.17, 15) is 4.79 Å². The molecule has 0 aromatic heterocycles. The molecule has 100 valence electrons. The van der Waals surface area contributed by atoms with Gasteiger partial charge in [0.05, 0.1) is 5.75 Å². The molecule has 0 radical (unpaired) electrons. The fourth-order valence-corrected chi connectivity index (χ4v) is 2.19. The number of benzene rings is 1. The SMILES string of the molecule is CNC(=O)CSc1cccc(CNC(C)(C)C)c1. The summed E-state index contributed by atoms with van der Waals surface area (Å²) in [5, 5.41) is 6.08. The fourth-order valence-electron chi connectivity index (χ4n) is 1.33. The van der Waals surface area contributed by atoms with Gasteiger partial charge in [0.2, 0.25) is 5.91 Å². The molecule has 2 N–H and O–H groups in total. The van der Waals surface area contributed by atoms with Gasteiger partial charge in [-0.2, -0.15) is 0 Å². The first-order valence-corrected chi connectivity index (χ1v) is 7.06. The Kier molecular flexibility index (Phi) is 5.69. The van der Waals surface area contributed by atoms with Gasteiger partial charge in [-0.05, 0) is 38.5 Å². The molecule has 0 aliphatic rings. The van der Waals surface area contributed by atoms with Crippen LogP contribution in [0.3, 0.4) is 0 Å². The number of thioether (sulfide) groups is 1. The van der Waals surface area contributed by atoms with Crippen molar-refractivity contribution in [1.29, 1.82) is 0 Å². The molecule has 3 nitrogen and oxygen atoms in total. The number of nitrogens with one attached hydrogen (secondary N) is 2. The van der Waals surface area contributed by atoms with E-state index in [0.717, 1.165) is 11.4 Å². The fraction of sp³-hybridized carbons (Fsp3) is 0.500. The highest BCUT2D eigenvalue weighted by atomic mass is 32.2. The van der Waals surface area contributed by atoms with E-state index in [-0.39, 0.29) is 11.4 Å². The van der Waals surface area contributed by atoms with Gasteiger partial charge < -0.3 is 10.6 Å². The van der Waals surface area contributed by atoms with Crippen LogP contribution in [0.15, 0.2) is 29.2 Å². The summed E-state index contributed by atoms with van der Waals surface area (Å²) in [6.07, 6.45) is 0. The van der Waals surface area contributed by atoms with E-state index in [1.165, 1.54) is 5.56 Å². The summed E-state index contributed by atoms with van der Waals surface area (Å²) in [4.78, 5) is 12.3. The van der Waals surface area contributed by atoms with Crippen molar-refractivity contribution in [2.24, 2.45) is 0 Å². The van der Waals surface area contributed by atoms with E-state index in [1.54, 1.807) is 18.8 Å². The average molecular weight is 266 g/mol. The minimum Gasteiger partial charge on any atom is -0.358 e. The van der Waals surface area contributed by atoms with Crippen molar-refractivity contribution in [3.05, 3.63) is 29.8 Å². The highest BCUT2D eigenvalue weighted by Crippen LogP contribution is 2.19. The van der Waals surface area contributed by atoms with Crippen molar-refractivity contribution >= 4 is 17.7 Å². The molecule has 4 heteroatoms. The number of rotatable bonds is 5. The Hall–Kier alpha value is -1.00. The monoisotopic (exact) mass is 266 g/mol.